The molecule has 0 aromatic carbocycles. The van der Waals surface area contributed by atoms with Gasteiger partial charge in [0.05, 0.1) is 18.3 Å². The Labute approximate surface area is 242 Å². The molecular weight excluding hydrogens is 544 g/mol. The topological polar surface area (TPSA) is 148 Å². The quantitative estimate of drug-likeness (QED) is 0.495. The molecule has 4 heterocycles. The number of aryl methyl sites for hydroxylation is 2. The van der Waals surface area contributed by atoms with Crippen LogP contribution in [0.3, 0.4) is 0 Å². The number of aromatic amines is 2. The molecule has 2 aliphatic heterocycles. The number of rotatable bonds is 4. The summed E-state index contributed by atoms with van der Waals surface area (Å²) in [5.41, 5.74) is -0.594. The predicted molar refractivity (Wildman–Crippen MR) is 162 cm³/mol. The van der Waals surface area contributed by atoms with Gasteiger partial charge in [0.25, 0.3) is 11.1 Å². The Morgan fingerprint density at radius 1 is 0.795 bits per heavy atom. The van der Waals surface area contributed by atoms with E-state index in [1.54, 1.807) is 27.0 Å². The van der Waals surface area contributed by atoms with Gasteiger partial charge in [0.2, 0.25) is 0 Å². The van der Waals surface area contributed by atoms with Gasteiger partial charge in [-0.3, -0.25) is 28.7 Å². The molecule has 13 heteroatoms. The van der Waals surface area contributed by atoms with Gasteiger partial charge in [0.1, 0.15) is 12.5 Å². The zero-order valence-corrected chi connectivity index (χ0v) is 25.0. The molecule has 7 atom stereocenters. The van der Waals surface area contributed by atoms with Crippen LogP contribution >= 0.6 is 27.0 Å². The number of nitrogens with zero attached hydrogens (tertiary/aromatic N) is 2. The number of aliphatic hydroxyl groups excluding tert-OH is 1. The molecule has 2 aromatic heterocycles. The lowest BCUT2D eigenvalue weighted by Gasteiger charge is -2.19. The third kappa shape index (κ3) is 8.46. The van der Waals surface area contributed by atoms with Crippen LogP contribution in [0.15, 0.2) is 31.6 Å². The Balaban J connectivity index is 0.000000688. The van der Waals surface area contributed by atoms with E-state index in [9.17, 15) is 24.3 Å². The Morgan fingerprint density at radius 2 is 1.15 bits per heavy atom. The predicted octanol–water partition coefficient (Wildman–Crippen LogP) is 2.44. The van der Waals surface area contributed by atoms with Crippen molar-refractivity contribution in [3.8, 4) is 0 Å². The van der Waals surface area contributed by atoms with Crippen molar-refractivity contribution in [3.05, 3.63) is 65.2 Å². The van der Waals surface area contributed by atoms with Gasteiger partial charge in [0, 0.05) is 23.5 Å². The van der Waals surface area contributed by atoms with Crippen molar-refractivity contribution >= 4 is 27.0 Å². The van der Waals surface area contributed by atoms with E-state index in [0.29, 0.717) is 29.4 Å². The molecular formula is C26H46N4O7S2. The minimum atomic E-state index is -0.579. The van der Waals surface area contributed by atoms with Crippen molar-refractivity contribution in [1.29, 1.82) is 0 Å². The smallest absolute Gasteiger partial charge is 0.330 e. The average Bonchev–Trinajstić information content (AvgIpc) is 3.36. The third-order valence-electron chi connectivity index (χ3n) is 6.94. The molecule has 2 unspecified atom stereocenters. The lowest BCUT2D eigenvalue weighted by molar-refractivity contribution is -0.0625. The molecule has 0 aliphatic carbocycles. The minimum absolute atomic E-state index is 0. The lowest BCUT2D eigenvalue weighted by atomic mass is 9.94. The largest absolute Gasteiger partial charge is 0.391 e. The maximum Gasteiger partial charge on any atom is 0.330 e. The fourth-order valence-electron chi connectivity index (χ4n) is 5.01. The summed E-state index contributed by atoms with van der Waals surface area (Å²) in [5.74, 6) is 0.993. The molecule has 2 aliphatic rings. The van der Waals surface area contributed by atoms with E-state index in [2.05, 4.69) is 30.7 Å². The Bertz CT molecular complexity index is 1200. The summed E-state index contributed by atoms with van der Waals surface area (Å²) in [4.78, 5) is 50.7. The van der Waals surface area contributed by atoms with Crippen molar-refractivity contribution in [3.63, 3.8) is 0 Å². The first kappa shape index (κ1) is 36.9. The number of ether oxygens (including phenoxy) is 2. The maximum atomic E-state index is 11.8. The second kappa shape index (κ2) is 15.1. The molecule has 2 fully saturated rings. The van der Waals surface area contributed by atoms with Crippen LogP contribution in [-0.2, 0) is 9.47 Å². The molecule has 3 N–H and O–H groups in total. The molecule has 224 valence electrons. The zero-order valence-electron chi connectivity index (χ0n) is 23.0. The Hall–Kier alpha value is -2.06. The first-order valence-corrected chi connectivity index (χ1v) is 12.4. The van der Waals surface area contributed by atoms with Gasteiger partial charge in [0.15, 0.2) is 0 Å². The summed E-state index contributed by atoms with van der Waals surface area (Å²) in [6.07, 6.45) is 3.13. The number of aliphatic hydroxyl groups is 1. The highest BCUT2D eigenvalue weighted by molar-refractivity contribution is 7.59. The van der Waals surface area contributed by atoms with Gasteiger partial charge in [-0.05, 0) is 51.4 Å². The third-order valence-corrected chi connectivity index (χ3v) is 6.94. The van der Waals surface area contributed by atoms with Crippen LogP contribution in [0.2, 0.25) is 0 Å². The van der Waals surface area contributed by atoms with E-state index in [4.69, 9.17) is 9.47 Å². The van der Waals surface area contributed by atoms with Crippen molar-refractivity contribution in [2.45, 2.75) is 99.5 Å². The average molecular weight is 591 g/mol. The summed E-state index contributed by atoms with van der Waals surface area (Å²) < 4.78 is 14.5. The van der Waals surface area contributed by atoms with Crippen molar-refractivity contribution in [1.82, 2.24) is 19.1 Å². The van der Waals surface area contributed by atoms with E-state index in [-0.39, 0.29) is 69.9 Å². The number of aromatic nitrogens is 4. The summed E-state index contributed by atoms with van der Waals surface area (Å²) >= 11 is 0. The number of hydrogen-bond acceptors (Lipinski definition) is 7. The standard InChI is InChI=1S/C13H20N2O3.C12H18N2O4.CH4.2H2S/c1-7(2)11-8(3)5-10(18-11)15-6-9(4)12(16)14-13(15)17;1-6-4-9(18-10(6)8(3)15)14-5-7(2)11(16)13-12(14)17;;;/h6-8,10-11H,5H2,1-4H3,(H,14,16,17);5-6,8-10,15H,4H2,1-3H3,(H,13,16,17);1H4;2*1H2/t8?,10-,11-;6?,8-,9+,10-;;;/m10.../s1. The van der Waals surface area contributed by atoms with Gasteiger partial charge in [-0.25, -0.2) is 9.59 Å². The fourth-order valence-corrected chi connectivity index (χ4v) is 5.01. The van der Waals surface area contributed by atoms with Crippen molar-refractivity contribution in [2.24, 2.45) is 17.8 Å². The molecule has 0 amide bonds. The van der Waals surface area contributed by atoms with E-state index in [1.165, 1.54) is 15.3 Å². The van der Waals surface area contributed by atoms with Crippen LogP contribution in [0.1, 0.15) is 78.5 Å². The van der Waals surface area contributed by atoms with Gasteiger partial charge in [-0.2, -0.15) is 27.0 Å². The molecule has 0 saturated carbocycles. The summed E-state index contributed by atoms with van der Waals surface area (Å²) in [5, 5.41) is 9.59. The summed E-state index contributed by atoms with van der Waals surface area (Å²) in [7, 11) is 0. The summed E-state index contributed by atoms with van der Waals surface area (Å²) in [6.45, 7) is 13.3. The second-order valence-electron chi connectivity index (χ2n) is 10.5. The molecule has 0 bridgehead atoms. The summed E-state index contributed by atoms with van der Waals surface area (Å²) in [6, 6.07) is 0. The monoisotopic (exact) mass is 590 g/mol. The molecule has 11 nitrogen and oxygen atoms in total. The van der Waals surface area contributed by atoms with Gasteiger partial charge >= 0.3 is 11.4 Å². The molecule has 0 spiro atoms. The van der Waals surface area contributed by atoms with Crippen LogP contribution in [0.5, 0.6) is 0 Å². The highest BCUT2D eigenvalue weighted by Gasteiger charge is 2.37. The molecule has 2 aromatic rings. The maximum absolute atomic E-state index is 11.8. The van der Waals surface area contributed by atoms with E-state index in [0.717, 1.165) is 6.42 Å². The molecule has 4 rings (SSSR count). The zero-order chi connectivity index (χ0) is 26.9. The normalized spacial score (nSPS) is 26.5. The highest BCUT2D eigenvalue weighted by atomic mass is 32.1. The number of H-pyrrole nitrogens is 2. The van der Waals surface area contributed by atoms with Crippen LogP contribution in [0.25, 0.3) is 0 Å². The fraction of sp³-hybridized carbons (Fsp3) is 0.692. The van der Waals surface area contributed by atoms with Crippen molar-refractivity contribution < 1.29 is 14.6 Å². The molecule has 2 saturated heterocycles. The number of hydrogen-bond donors (Lipinski definition) is 3. The van der Waals surface area contributed by atoms with Crippen LogP contribution in [0.4, 0.5) is 0 Å². The number of nitrogens with one attached hydrogen (secondary N) is 2. The van der Waals surface area contributed by atoms with Gasteiger partial charge in [-0.15, -0.1) is 0 Å². The van der Waals surface area contributed by atoms with E-state index in [1.807, 2.05) is 6.92 Å². The van der Waals surface area contributed by atoms with Crippen molar-refractivity contribution in [2.75, 3.05) is 0 Å². The Morgan fingerprint density at radius 3 is 1.46 bits per heavy atom. The highest BCUT2D eigenvalue weighted by Crippen LogP contribution is 2.36. The van der Waals surface area contributed by atoms with Gasteiger partial charge in [-0.1, -0.05) is 35.1 Å². The van der Waals surface area contributed by atoms with Crippen LogP contribution in [-0.4, -0.2) is 42.5 Å². The minimum Gasteiger partial charge on any atom is -0.391 e. The first-order valence-electron chi connectivity index (χ1n) is 12.4. The lowest BCUT2D eigenvalue weighted by Crippen LogP contribution is -2.34. The first-order chi connectivity index (χ1) is 16.8. The van der Waals surface area contributed by atoms with Crippen LogP contribution in [0, 0.1) is 31.6 Å². The second-order valence-corrected chi connectivity index (χ2v) is 10.5. The SMILES string of the molecule is C.Cc1cn([C@H]2CC(C)[C@@H](C(C)C)O2)c(=O)[nH]c1=O.Cc1cn([C@H]2CC(C)[C@@H]([C@H](C)O)O2)c(=O)[nH]c1=O.S.S. The van der Waals surface area contributed by atoms with Crippen LogP contribution < -0.4 is 22.5 Å². The van der Waals surface area contributed by atoms with E-state index < -0.39 is 23.7 Å². The Kier molecular flexibility index (Phi) is 14.3. The molecule has 39 heavy (non-hydrogen) atoms. The van der Waals surface area contributed by atoms with E-state index >= 15 is 0 Å². The molecule has 0 radical (unpaired) electrons. The van der Waals surface area contributed by atoms with Gasteiger partial charge < -0.3 is 14.6 Å².